The molecule has 33 heavy (non-hydrogen) atoms. The lowest BCUT2D eigenvalue weighted by atomic mass is 9.58. The molecule has 1 saturated heterocycles. The van der Waals surface area contributed by atoms with E-state index in [0.29, 0.717) is 43.1 Å². The fourth-order valence-electron chi connectivity index (χ4n) is 5.68. The van der Waals surface area contributed by atoms with Gasteiger partial charge in [-0.25, -0.2) is 18.0 Å². The Balaban J connectivity index is 1.49. The van der Waals surface area contributed by atoms with Crippen molar-refractivity contribution < 1.29 is 18.0 Å². The first kappa shape index (κ1) is 22.2. The molecule has 0 N–H and O–H groups in total. The van der Waals surface area contributed by atoms with Crippen LogP contribution in [-0.2, 0) is 5.54 Å². The fraction of sp³-hybridized carbons (Fsp3) is 0.520. The molecule has 2 saturated carbocycles. The molecule has 2 aliphatic carbocycles. The van der Waals surface area contributed by atoms with E-state index in [9.17, 15) is 18.0 Å². The Morgan fingerprint density at radius 2 is 1.94 bits per heavy atom. The summed E-state index contributed by atoms with van der Waals surface area (Å²) in [4.78, 5) is 23.3. The minimum absolute atomic E-state index is 0.0943. The number of hydrogen-bond acceptors (Lipinski definition) is 3. The standard InChI is InChI=1S/C25H29F3N4O/c1-16-9-20(22(27)28)29-11-21(16)31-15-24(32(23(31)33)12-17-7-8-17)13-25(14-24,30(2)3)18-5-4-6-19(26)10-18/h4-6,9-11,17,22H,7-8,12-15H2,1-3H3. The van der Waals surface area contributed by atoms with Crippen molar-refractivity contribution in [3.63, 3.8) is 0 Å². The van der Waals surface area contributed by atoms with E-state index < -0.39 is 6.43 Å². The van der Waals surface area contributed by atoms with Gasteiger partial charge >= 0.3 is 6.03 Å². The highest BCUT2D eigenvalue weighted by atomic mass is 19.3. The molecule has 1 spiro atoms. The number of aryl methyl sites for hydroxylation is 1. The molecule has 1 aromatic heterocycles. The van der Waals surface area contributed by atoms with Gasteiger partial charge in [-0.1, -0.05) is 12.1 Å². The van der Waals surface area contributed by atoms with Crippen LogP contribution in [0.15, 0.2) is 36.5 Å². The molecule has 0 atom stereocenters. The van der Waals surface area contributed by atoms with E-state index in [1.807, 2.05) is 25.1 Å². The van der Waals surface area contributed by atoms with Crippen LogP contribution >= 0.6 is 0 Å². The first-order valence-electron chi connectivity index (χ1n) is 11.4. The van der Waals surface area contributed by atoms with Crippen LogP contribution in [0.1, 0.15) is 48.9 Å². The zero-order valence-corrected chi connectivity index (χ0v) is 19.2. The maximum absolute atomic E-state index is 14.1. The minimum atomic E-state index is -2.65. The van der Waals surface area contributed by atoms with E-state index in [2.05, 4.69) is 9.88 Å². The second-order valence-corrected chi connectivity index (χ2v) is 10.1. The van der Waals surface area contributed by atoms with Gasteiger partial charge in [0.25, 0.3) is 6.43 Å². The van der Waals surface area contributed by atoms with Crippen molar-refractivity contribution in [3.8, 4) is 0 Å². The largest absolute Gasteiger partial charge is 0.325 e. The van der Waals surface area contributed by atoms with Gasteiger partial charge in [0.15, 0.2) is 0 Å². The van der Waals surface area contributed by atoms with E-state index >= 15 is 0 Å². The van der Waals surface area contributed by atoms with E-state index in [1.165, 1.54) is 18.3 Å². The summed E-state index contributed by atoms with van der Waals surface area (Å²) in [6.45, 7) is 2.91. The fourth-order valence-corrected chi connectivity index (χ4v) is 5.68. The smallest absolute Gasteiger partial charge is 0.316 e. The Kier molecular flexibility index (Phi) is 5.19. The maximum atomic E-state index is 14.1. The zero-order chi connectivity index (χ0) is 23.5. The van der Waals surface area contributed by atoms with Crippen molar-refractivity contribution in [1.29, 1.82) is 0 Å². The number of carbonyl (C=O) groups excluding carboxylic acids is 1. The van der Waals surface area contributed by atoms with Crippen molar-refractivity contribution in [2.75, 3.05) is 32.1 Å². The van der Waals surface area contributed by atoms with Crippen molar-refractivity contribution in [2.45, 2.75) is 50.1 Å². The molecule has 8 heteroatoms. The van der Waals surface area contributed by atoms with Crippen molar-refractivity contribution in [1.82, 2.24) is 14.8 Å². The number of pyridine rings is 1. The number of aromatic nitrogens is 1. The van der Waals surface area contributed by atoms with Crippen LogP contribution in [0.3, 0.4) is 0 Å². The Hall–Kier alpha value is -2.61. The van der Waals surface area contributed by atoms with Gasteiger partial charge in [-0.3, -0.25) is 14.8 Å². The molecule has 2 amide bonds. The number of alkyl halides is 2. The number of carbonyl (C=O) groups is 1. The second-order valence-electron chi connectivity index (χ2n) is 10.1. The third-order valence-corrected chi connectivity index (χ3v) is 7.70. The van der Waals surface area contributed by atoms with Crippen molar-refractivity contribution in [3.05, 3.63) is 59.2 Å². The van der Waals surface area contributed by atoms with E-state index in [1.54, 1.807) is 24.0 Å². The number of anilines is 1. The van der Waals surface area contributed by atoms with Gasteiger partial charge < -0.3 is 4.90 Å². The molecule has 3 fully saturated rings. The monoisotopic (exact) mass is 458 g/mol. The van der Waals surface area contributed by atoms with Crippen LogP contribution in [0.5, 0.6) is 0 Å². The molecule has 1 aromatic carbocycles. The lowest BCUT2D eigenvalue weighted by molar-refractivity contribution is -0.0681. The number of benzene rings is 1. The van der Waals surface area contributed by atoms with Crippen LogP contribution in [0.4, 0.5) is 23.7 Å². The molecule has 5 rings (SSSR count). The quantitative estimate of drug-likeness (QED) is 0.604. The highest BCUT2D eigenvalue weighted by molar-refractivity contribution is 5.96. The van der Waals surface area contributed by atoms with Gasteiger partial charge in [-0.2, -0.15) is 0 Å². The van der Waals surface area contributed by atoms with Crippen LogP contribution < -0.4 is 4.90 Å². The van der Waals surface area contributed by atoms with Gasteiger partial charge in [0.2, 0.25) is 0 Å². The van der Waals surface area contributed by atoms with E-state index in [0.717, 1.165) is 18.4 Å². The summed E-state index contributed by atoms with van der Waals surface area (Å²) >= 11 is 0. The van der Waals surface area contributed by atoms with Crippen LogP contribution in [0.25, 0.3) is 0 Å². The van der Waals surface area contributed by atoms with Crippen LogP contribution in [0.2, 0.25) is 0 Å². The molecular formula is C25H29F3N4O. The normalized spacial score (nSPS) is 27.2. The SMILES string of the molecule is Cc1cc(C(F)F)ncc1N1CC2(CC(c3cccc(F)c3)(N(C)C)C2)N(CC2CC2)C1=O. The van der Waals surface area contributed by atoms with E-state index in [-0.39, 0.29) is 28.6 Å². The van der Waals surface area contributed by atoms with Crippen LogP contribution in [0, 0.1) is 18.7 Å². The summed E-state index contributed by atoms with van der Waals surface area (Å²) < 4.78 is 40.3. The summed E-state index contributed by atoms with van der Waals surface area (Å²) in [6.07, 6.45) is 2.36. The molecular weight excluding hydrogens is 429 g/mol. The average Bonchev–Trinajstić information content (AvgIpc) is 3.51. The number of rotatable bonds is 6. The average molecular weight is 459 g/mol. The summed E-state index contributed by atoms with van der Waals surface area (Å²) in [5, 5.41) is 0. The number of urea groups is 1. The maximum Gasteiger partial charge on any atom is 0.325 e. The summed E-state index contributed by atoms with van der Waals surface area (Å²) in [5.41, 5.74) is 1.07. The summed E-state index contributed by atoms with van der Waals surface area (Å²) in [6, 6.07) is 7.98. The molecule has 2 heterocycles. The minimum Gasteiger partial charge on any atom is -0.316 e. The first-order chi connectivity index (χ1) is 15.6. The van der Waals surface area contributed by atoms with Crippen LogP contribution in [-0.4, -0.2) is 53.5 Å². The Morgan fingerprint density at radius 1 is 1.21 bits per heavy atom. The van der Waals surface area contributed by atoms with Gasteiger partial charge in [0, 0.05) is 6.54 Å². The highest BCUT2D eigenvalue weighted by Crippen LogP contribution is 2.58. The third kappa shape index (κ3) is 3.59. The molecule has 2 aromatic rings. The topological polar surface area (TPSA) is 39.7 Å². The van der Waals surface area contributed by atoms with E-state index in [4.69, 9.17) is 0 Å². The molecule has 0 radical (unpaired) electrons. The highest BCUT2D eigenvalue weighted by Gasteiger charge is 2.65. The molecule has 176 valence electrons. The molecule has 3 aliphatic rings. The molecule has 0 unspecified atom stereocenters. The zero-order valence-electron chi connectivity index (χ0n) is 19.2. The lowest BCUT2D eigenvalue weighted by Gasteiger charge is -2.60. The Bertz CT molecular complexity index is 1080. The number of nitrogens with zero attached hydrogens (tertiary/aromatic N) is 4. The Labute approximate surface area is 192 Å². The van der Waals surface area contributed by atoms with Gasteiger partial charge in [0.05, 0.1) is 29.5 Å². The van der Waals surface area contributed by atoms with Crippen molar-refractivity contribution in [2.24, 2.45) is 5.92 Å². The molecule has 0 bridgehead atoms. The summed E-state index contributed by atoms with van der Waals surface area (Å²) in [7, 11) is 3.99. The van der Waals surface area contributed by atoms with Gasteiger partial charge in [-0.05, 0) is 81.9 Å². The molecule has 1 aliphatic heterocycles. The first-order valence-corrected chi connectivity index (χ1v) is 11.4. The summed E-state index contributed by atoms with van der Waals surface area (Å²) in [5.74, 6) is 0.240. The predicted octanol–water partition coefficient (Wildman–Crippen LogP) is 5.11. The van der Waals surface area contributed by atoms with Crippen molar-refractivity contribution >= 4 is 11.7 Å². The third-order valence-electron chi connectivity index (χ3n) is 7.70. The predicted molar refractivity (Wildman–Crippen MR) is 120 cm³/mol. The molecule has 5 nitrogen and oxygen atoms in total. The number of halogens is 3. The van der Waals surface area contributed by atoms with Gasteiger partial charge in [-0.15, -0.1) is 0 Å². The van der Waals surface area contributed by atoms with Gasteiger partial charge in [0.1, 0.15) is 11.5 Å². The lowest BCUT2D eigenvalue weighted by Crippen LogP contribution is -2.67. The Morgan fingerprint density at radius 3 is 2.52 bits per heavy atom. The second kappa shape index (κ2) is 7.72. The number of hydrogen-bond donors (Lipinski definition) is 0. The number of amides is 2.